The van der Waals surface area contributed by atoms with E-state index in [1.807, 2.05) is 12.1 Å². The highest BCUT2D eigenvalue weighted by atomic mass is 16.3. The van der Waals surface area contributed by atoms with Gasteiger partial charge in [0.15, 0.2) is 12.2 Å². The van der Waals surface area contributed by atoms with E-state index < -0.39 is 0 Å². The smallest absolute Gasteiger partial charge is 0.181 e. The first-order chi connectivity index (χ1) is 11.8. The molecule has 4 heterocycles. The van der Waals surface area contributed by atoms with Crippen molar-refractivity contribution < 1.29 is 9.21 Å². The first-order valence-electron chi connectivity index (χ1n) is 8.16. The number of pyridine rings is 2. The summed E-state index contributed by atoms with van der Waals surface area (Å²) in [4.78, 5) is 25.2. The zero-order valence-corrected chi connectivity index (χ0v) is 13.2. The Hall–Kier alpha value is -2.60. The summed E-state index contributed by atoms with van der Waals surface area (Å²) in [5.41, 5.74) is 1.53. The van der Waals surface area contributed by atoms with E-state index in [1.165, 1.54) is 6.39 Å². The summed E-state index contributed by atoms with van der Waals surface area (Å²) >= 11 is 0. The Kier molecular flexibility index (Phi) is 4.04. The van der Waals surface area contributed by atoms with Gasteiger partial charge in [0.2, 0.25) is 0 Å². The zero-order valence-electron chi connectivity index (χ0n) is 13.2. The number of ketones is 1. The Bertz CT molecular complexity index is 855. The van der Waals surface area contributed by atoms with Gasteiger partial charge in [0.05, 0.1) is 6.20 Å². The Morgan fingerprint density at radius 3 is 2.75 bits per heavy atom. The van der Waals surface area contributed by atoms with Gasteiger partial charge in [-0.25, -0.2) is 4.98 Å². The van der Waals surface area contributed by atoms with Crippen molar-refractivity contribution in [1.29, 1.82) is 0 Å². The summed E-state index contributed by atoms with van der Waals surface area (Å²) in [5.74, 6) is 1.07. The van der Waals surface area contributed by atoms with Gasteiger partial charge in [0.25, 0.3) is 0 Å². The molecule has 1 saturated heterocycles. The minimum absolute atomic E-state index is 0.158. The van der Waals surface area contributed by atoms with Crippen molar-refractivity contribution in [3.63, 3.8) is 0 Å². The molecule has 3 aromatic heterocycles. The maximum absolute atomic E-state index is 12.5. The van der Waals surface area contributed by atoms with E-state index in [1.54, 1.807) is 18.6 Å². The Morgan fingerprint density at radius 2 is 1.96 bits per heavy atom. The van der Waals surface area contributed by atoms with E-state index in [4.69, 9.17) is 4.42 Å². The van der Waals surface area contributed by atoms with E-state index in [0.717, 1.165) is 48.1 Å². The molecule has 3 aromatic rings. The van der Waals surface area contributed by atoms with Crippen molar-refractivity contribution in [2.24, 2.45) is 5.92 Å². The van der Waals surface area contributed by atoms with Gasteiger partial charge in [-0.15, -0.1) is 0 Å². The first-order valence-corrected chi connectivity index (χ1v) is 8.16. The molecule has 0 aromatic carbocycles. The number of Topliss-reactive ketones (excluding diaryl/α,β-unsaturated/α-hetero) is 1. The predicted octanol–water partition coefficient (Wildman–Crippen LogP) is 2.40. The number of piperidine rings is 1. The lowest BCUT2D eigenvalue weighted by atomic mass is 9.91. The molecule has 0 amide bonds. The molecule has 1 N–H and O–H groups in total. The largest absolute Gasteiger partial charge is 0.442 e. The fourth-order valence-corrected chi connectivity index (χ4v) is 3.12. The maximum Gasteiger partial charge on any atom is 0.181 e. The second-order valence-corrected chi connectivity index (χ2v) is 6.13. The minimum atomic E-state index is 0.158. The summed E-state index contributed by atoms with van der Waals surface area (Å²) in [6.45, 7) is 1.85. The zero-order chi connectivity index (χ0) is 16.4. The molecule has 0 saturated carbocycles. The van der Waals surface area contributed by atoms with Crippen LogP contribution in [-0.2, 0) is 11.2 Å². The molecule has 1 fully saturated rings. The van der Waals surface area contributed by atoms with Crippen LogP contribution in [0, 0.1) is 5.92 Å². The number of hydrogen-bond donors (Lipinski definition) is 1. The quantitative estimate of drug-likeness (QED) is 0.794. The van der Waals surface area contributed by atoms with Crippen LogP contribution in [0.3, 0.4) is 0 Å². The van der Waals surface area contributed by atoms with Crippen LogP contribution in [0.5, 0.6) is 0 Å². The molecule has 0 radical (unpaired) electrons. The number of oxazole rings is 1. The third-order valence-corrected chi connectivity index (χ3v) is 4.49. The Balaban J connectivity index is 1.58. The molecule has 0 unspecified atom stereocenters. The van der Waals surface area contributed by atoms with Gasteiger partial charge >= 0.3 is 0 Å². The van der Waals surface area contributed by atoms with Crippen molar-refractivity contribution in [1.82, 2.24) is 20.3 Å². The standard InChI is InChI=1S/C18H18N4O2/c23-17(12-1-3-19-4-2-12)7-15-5-13-6-16(18-10-20-11-24-18)22-9-14(13)8-21-15/h5-6,8-12,19H,1-4,7H2. The summed E-state index contributed by atoms with van der Waals surface area (Å²) < 4.78 is 5.29. The SMILES string of the molecule is O=C(Cc1cc2cc(-c3cnco3)ncc2cn1)C1CCNCC1. The fourth-order valence-electron chi connectivity index (χ4n) is 3.12. The normalized spacial score (nSPS) is 15.7. The van der Waals surface area contributed by atoms with Crippen LogP contribution < -0.4 is 5.32 Å². The highest BCUT2D eigenvalue weighted by molar-refractivity contribution is 5.87. The average Bonchev–Trinajstić information content (AvgIpc) is 3.16. The molecule has 1 aliphatic heterocycles. The third kappa shape index (κ3) is 3.05. The van der Waals surface area contributed by atoms with Crippen LogP contribution in [-0.4, -0.2) is 33.8 Å². The van der Waals surface area contributed by atoms with Crippen molar-refractivity contribution in [2.45, 2.75) is 19.3 Å². The molecular formula is C18H18N4O2. The van der Waals surface area contributed by atoms with Gasteiger partial charge in [-0.05, 0) is 43.5 Å². The van der Waals surface area contributed by atoms with Gasteiger partial charge in [-0.1, -0.05) is 0 Å². The summed E-state index contributed by atoms with van der Waals surface area (Å²) in [6, 6.07) is 3.91. The van der Waals surface area contributed by atoms with Crippen molar-refractivity contribution in [2.75, 3.05) is 13.1 Å². The lowest BCUT2D eigenvalue weighted by Crippen LogP contribution is -2.32. The van der Waals surface area contributed by atoms with Crippen LogP contribution in [0.4, 0.5) is 0 Å². The van der Waals surface area contributed by atoms with Crippen LogP contribution in [0.1, 0.15) is 18.5 Å². The molecule has 0 bridgehead atoms. The number of hydrogen-bond acceptors (Lipinski definition) is 6. The van der Waals surface area contributed by atoms with E-state index in [-0.39, 0.29) is 11.7 Å². The van der Waals surface area contributed by atoms with Crippen molar-refractivity contribution in [3.8, 4) is 11.5 Å². The lowest BCUT2D eigenvalue weighted by molar-refractivity contribution is -0.123. The topological polar surface area (TPSA) is 80.9 Å². The lowest BCUT2D eigenvalue weighted by Gasteiger charge is -2.21. The molecule has 0 spiro atoms. The summed E-state index contributed by atoms with van der Waals surface area (Å²) in [5, 5.41) is 5.23. The summed E-state index contributed by atoms with van der Waals surface area (Å²) in [6.07, 6.45) is 8.79. The molecular weight excluding hydrogens is 304 g/mol. The molecule has 0 atom stereocenters. The Morgan fingerprint density at radius 1 is 1.12 bits per heavy atom. The van der Waals surface area contributed by atoms with E-state index >= 15 is 0 Å². The van der Waals surface area contributed by atoms with Crippen LogP contribution in [0.25, 0.3) is 22.2 Å². The van der Waals surface area contributed by atoms with Crippen LogP contribution in [0.15, 0.2) is 41.5 Å². The number of rotatable bonds is 4. The number of nitrogens with zero attached hydrogens (tertiary/aromatic N) is 3. The molecule has 122 valence electrons. The van der Waals surface area contributed by atoms with Gasteiger partial charge in [-0.2, -0.15) is 0 Å². The molecule has 6 heteroatoms. The second kappa shape index (κ2) is 6.49. The number of nitrogens with one attached hydrogen (secondary N) is 1. The van der Waals surface area contributed by atoms with E-state index in [2.05, 4.69) is 20.3 Å². The number of fused-ring (bicyclic) bond motifs is 1. The molecule has 6 nitrogen and oxygen atoms in total. The van der Waals surface area contributed by atoms with Crippen molar-refractivity contribution >= 4 is 16.6 Å². The number of aromatic nitrogens is 3. The van der Waals surface area contributed by atoms with Crippen LogP contribution >= 0.6 is 0 Å². The van der Waals surface area contributed by atoms with E-state index in [0.29, 0.717) is 12.2 Å². The van der Waals surface area contributed by atoms with E-state index in [9.17, 15) is 4.79 Å². The fraction of sp³-hybridized carbons (Fsp3) is 0.333. The highest BCUT2D eigenvalue weighted by Crippen LogP contribution is 2.22. The Labute approximate surface area is 139 Å². The predicted molar refractivity (Wildman–Crippen MR) is 89.3 cm³/mol. The van der Waals surface area contributed by atoms with Gasteiger partial charge < -0.3 is 9.73 Å². The maximum atomic E-state index is 12.5. The van der Waals surface area contributed by atoms with Crippen LogP contribution in [0.2, 0.25) is 0 Å². The monoisotopic (exact) mass is 322 g/mol. The summed E-state index contributed by atoms with van der Waals surface area (Å²) in [7, 11) is 0. The number of carbonyl (C=O) groups excluding carboxylic acids is 1. The highest BCUT2D eigenvalue weighted by Gasteiger charge is 2.21. The van der Waals surface area contributed by atoms with Gasteiger partial charge in [-0.3, -0.25) is 14.8 Å². The molecule has 4 rings (SSSR count). The van der Waals surface area contributed by atoms with Gasteiger partial charge in [0.1, 0.15) is 11.5 Å². The molecule has 1 aliphatic rings. The number of carbonyl (C=O) groups is 1. The second-order valence-electron chi connectivity index (χ2n) is 6.13. The third-order valence-electron chi connectivity index (χ3n) is 4.49. The molecule has 0 aliphatic carbocycles. The minimum Gasteiger partial charge on any atom is -0.442 e. The first kappa shape index (κ1) is 15.0. The average molecular weight is 322 g/mol. The van der Waals surface area contributed by atoms with Gasteiger partial charge in [0, 0.05) is 35.8 Å². The van der Waals surface area contributed by atoms with Crippen molar-refractivity contribution in [3.05, 3.63) is 42.8 Å². The molecule has 24 heavy (non-hydrogen) atoms.